The van der Waals surface area contributed by atoms with Gasteiger partial charge in [-0.1, -0.05) is 11.3 Å². The first-order chi connectivity index (χ1) is 18.1. The summed E-state index contributed by atoms with van der Waals surface area (Å²) in [5.74, 6) is -0.735. The summed E-state index contributed by atoms with van der Waals surface area (Å²) in [6.45, 7) is 2.25. The summed E-state index contributed by atoms with van der Waals surface area (Å²) in [6, 6.07) is 8.50. The predicted octanol–water partition coefficient (Wildman–Crippen LogP) is 5.44. The average molecular weight is 548 g/mol. The van der Waals surface area contributed by atoms with Crippen LogP contribution in [0.5, 0.6) is 0 Å². The van der Waals surface area contributed by atoms with Gasteiger partial charge in [-0.25, -0.2) is 18.4 Å². The zero-order chi connectivity index (χ0) is 27.2. The van der Waals surface area contributed by atoms with Crippen LogP contribution in [0.2, 0.25) is 0 Å². The number of nitriles is 1. The fourth-order valence-electron chi connectivity index (χ4n) is 4.63. The van der Waals surface area contributed by atoms with E-state index in [1.807, 2.05) is 6.92 Å². The molecule has 198 valence electrons. The molecule has 2 aromatic carbocycles. The maximum Gasteiger partial charge on any atom is 0.409 e. The molecule has 7 nitrogen and oxygen atoms in total. The SMILES string of the molecule is CCn1nc2c(F)cc(N3CCNCC3C(F)(F)F)cc2c1N(C)c1nc(-c2ccc(F)cc2)c(C#N)s1. The molecule has 4 aromatic rings. The molecule has 1 saturated heterocycles. The van der Waals surface area contributed by atoms with Crippen LogP contribution in [0.1, 0.15) is 11.8 Å². The summed E-state index contributed by atoms with van der Waals surface area (Å²) in [5, 5.41) is 17.5. The number of hydrogen-bond donors (Lipinski definition) is 1. The van der Waals surface area contributed by atoms with Gasteiger partial charge in [0, 0.05) is 49.9 Å². The van der Waals surface area contributed by atoms with E-state index < -0.39 is 23.9 Å². The third kappa shape index (κ3) is 4.54. The van der Waals surface area contributed by atoms with Gasteiger partial charge in [0.05, 0.1) is 0 Å². The van der Waals surface area contributed by atoms with Gasteiger partial charge in [0.15, 0.2) is 10.9 Å². The molecule has 3 heterocycles. The summed E-state index contributed by atoms with van der Waals surface area (Å²) < 4.78 is 71.5. The molecule has 1 N–H and O–H groups in total. The Morgan fingerprint density at radius 3 is 2.61 bits per heavy atom. The van der Waals surface area contributed by atoms with Gasteiger partial charge >= 0.3 is 6.18 Å². The molecule has 1 unspecified atom stereocenters. The van der Waals surface area contributed by atoms with E-state index in [0.717, 1.165) is 22.3 Å². The van der Waals surface area contributed by atoms with Gasteiger partial charge in [-0.05, 0) is 43.3 Å². The first-order valence-corrected chi connectivity index (χ1v) is 12.6. The number of piperazine rings is 1. The smallest absolute Gasteiger partial charge is 0.357 e. The van der Waals surface area contributed by atoms with Crippen molar-refractivity contribution in [1.29, 1.82) is 5.26 Å². The van der Waals surface area contributed by atoms with Crippen LogP contribution >= 0.6 is 11.3 Å². The first-order valence-electron chi connectivity index (χ1n) is 11.8. The number of rotatable bonds is 5. The van der Waals surface area contributed by atoms with Crippen molar-refractivity contribution in [2.24, 2.45) is 0 Å². The number of aromatic nitrogens is 3. The van der Waals surface area contributed by atoms with Crippen molar-refractivity contribution >= 4 is 38.9 Å². The van der Waals surface area contributed by atoms with Gasteiger partial charge in [-0.15, -0.1) is 0 Å². The topological polar surface area (TPSA) is 73.0 Å². The van der Waals surface area contributed by atoms with E-state index in [-0.39, 0.29) is 24.3 Å². The number of nitrogens with zero attached hydrogens (tertiary/aromatic N) is 6. The molecule has 0 bridgehead atoms. The van der Waals surface area contributed by atoms with Gasteiger partial charge in [-0.3, -0.25) is 0 Å². The van der Waals surface area contributed by atoms with E-state index in [9.17, 15) is 22.8 Å². The Labute approximate surface area is 218 Å². The Morgan fingerprint density at radius 2 is 1.95 bits per heavy atom. The van der Waals surface area contributed by atoms with Crippen molar-refractivity contribution in [3.63, 3.8) is 0 Å². The van der Waals surface area contributed by atoms with Gasteiger partial charge in [-0.2, -0.15) is 23.5 Å². The Balaban J connectivity index is 1.62. The summed E-state index contributed by atoms with van der Waals surface area (Å²) in [6.07, 6.45) is -4.50. The minimum absolute atomic E-state index is 0.0203. The van der Waals surface area contributed by atoms with Crippen molar-refractivity contribution in [3.05, 3.63) is 52.9 Å². The number of hydrogen-bond acceptors (Lipinski definition) is 7. The maximum atomic E-state index is 15.3. The highest BCUT2D eigenvalue weighted by molar-refractivity contribution is 7.16. The number of thiazole rings is 1. The van der Waals surface area contributed by atoms with E-state index in [1.54, 1.807) is 16.6 Å². The molecule has 0 amide bonds. The highest BCUT2D eigenvalue weighted by Crippen LogP contribution is 2.40. The van der Waals surface area contributed by atoms with Crippen molar-refractivity contribution in [3.8, 4) is 17.3 Å². The highest BCUT2D eigenvalue weighted by atomic mass is 32.1. The van der Waals surface area contributed by atoms with Gasteiger partial charge < -0.3 is 15.1 Å². The number of aryl methyl sites for hydroxylation is 1. The average Bonchev–Trinajstić information content (AvgIpc) is 3.50. The van der Waals surface area contributed by atoms with Crippen molar-refractivity contribution in [2.75, 3.05) is 36.5 Å². The van der Waals surface area contributed by atoms with Crippen LogP contribution in [0.3, 0.4) is 0 Å². The zero-order valence-corrected chi connectivity index (χ0v) is 21.2. The number of anilines is 3. The minimum Gasteiger partial charge on any atom is -0.357 e. The third-order valence-corrected chi connectivity index (χ3v) is 7.48. The van der Waals surface area contributed by atoms with Crippen LogP contribution in [0.4, 0.5) is 38.6 Å². The van der Waals surface area contributed by atoms with Crippen molar-refractivity contribution in [1.82, 2.24) is 20.1 Å². The molecule has 0 spiro atoms. The fourth-order valence-corrected chi connectivity index (χ4v) is 5.48. The second kappa shape index (κ2) is 9.85. The molecule has 1 atom stereocenters. The van der Waals surface area contributed by atoms with E-state index in [2.05, 4.69) is 21.5 Å². The summed E-state index contributed by atoms with van der Waals surface area (Å²) in [4.78, 5) is 7.69. The van der Waals surface area contributed by atoms with Crippen LogP contribution in [-0.4, -0.2) is 53.7 Å². The molecule has 38 heavy (non-hydrogen) atoms. The van der Waals surface area contributed by atoms with Crippen LogP contribution < -0.4 is 15.1 Å². The number of halogens is 5. The Kier molecular flexibility index (Phi) is 6.70. The number of benzene rings is 2. The van der Waals surface area contributed by atoms with Crippen LogP contribution in [0.15, 0.2) is 36.4 Å². The quantitative estimate of drug-likeness (QED) is 0.336. The van der Waals surface area contributed by atoms with E-state index in [0.29, 0.717) is 45.6 Å². The highest BCUT2D eigenvalue weighted by Gasteiger charge is 2.45. The van der Waals surface area contributed by atoms with Gasteiger partial charge in [0.1, 0.15) is 39.8 Å². The first kappa shape index (κ1) is 25.9. The fraction of sp³-hybridized carbons (Fsp3) is 0.320. The monoisotopic (exact) mass is 547 g/mol. The molecule has 1 fully saturated rings. The molecule has 2 aromatic heterocycles. The van der Waals surface area contributed by atoms with Crippen molar-refractivity contribution in [2.45, 2.75) is 25.7 Å². The maximum absolute atomic E-state index is 15.3. The lowest BCUT2D eigenvalue weighted by Crippen LogP contribution is -2.58. The number of alkyl halides is 3. The Hall–Kier alpha value is -3.76. The normalized spacial score (nSPS) is 16.2. The van der Waals surface area contributed by atoms with Crippen LogP contribution in [0, 0.1) is 23.0 Å². The van der Waals surface area contributed by atoms with Crippen LogP contribution in [-0.2, 0) is 6.54 Å². The lowest BCUT2D eigenvalue weighted by Gasteiger charge is -2.38. The second-order valence-electron chi connectivity index (χ2n) is 8.77. The van der Waals surface area contributed by atoms with Crippen molar-refractivity contribution < 1.29 is 22.0 Å². The summed E-state index contributed by atoms with van der Waals surface area (Å²) in [7, 11) is 1.67. The number of fused-ring (bicyclic) bond motifs is 1. The predicted molar refractivity (Wildman–Crippen MR) is 136 cm³/mol. The molecular formula is C25H22F5N7S. The zero-order valence-electron chi connectivity index (χ0n) is 20.4. The Bertz CT molecular complexity index is 1520. The van der Waals surface area contributed by atoms with Crippen LogP contribution in [0.25, 0.3) is 22.2 Å². The van der Waals surface area contributed by atoms with Gasteiger partial charge in [0.25, 0.3) is 0 Å². The minimum atomic E-state index is -4.50. The molecule has 13 heteroatoms. The van der Waals surface area contributed by atoms with E-state index in [1.165, 1.54) is 30.3 Å². The summed E-state index contributed by atoms with van der Waals surface area (Å²) in [5.41, 5.74) is 1.05. The largest absolute Gasteiger partial charge is 0.409 e. The third-order valence-electron chi connectivity index (χ3n) is 6.45. The second-order valence-corrected chi connectivity index (χ2v) is 9.75. The Morgan fingerprint density at radius 1 is 1.21 bits per heavy atom. The van der Waals surface area contributed by atoms with E-state index >= 15 is 4.39 Å². The molecular weight excluding hydrogens is 525 g/mol. The molecule has 0 aliphatic carbocycles. The molecule has 5 rings (SSSR count). The summed E-state index contributed by atoms with van der Waals surface area (Å²) >= 11 is 1.09. The number of nitrogens with one attached hydrogen (secondary N) is 1. The molecule has 0 radical (unpaired) electrons. The van der Waals surface area contributed by atoms with E-state index in [4.69, 9.17) is 0 Å². The standard InChI is InChI=1S/C25H22F5N7S/c1-3-37-23(35(2)24-33-21(19(12-31)38-24)14-4-6-15(26)7-5-14)17-10-16(11-18(27)22(17)34-37)36-9-8-32-13-20(36)25(28,29)30/h4-7,10-11,20,32H,3,8-9,13H2,1-2H3. The molecule has 0 saturated carbocycles. The molecule has 1 aliphatic rings. The van der Waals surface area contributed by atoms with Gasteiger partial charge in [0.2, 0.25) is 0 Å². The lowest BCUT2D eigenvalue weighted by molar-refractivity contribution is -0.149. The lowest BCUT2D eigenvalue weighted by atomic mass is 10.1. The molecule has 1 aliphatic heterocycles.